The van der Waals surface area contributed by atoms with Gasteiger partial charge in [0.05, 0.1) is 35.8 Å². The largest absolute Gasteiger partial charge is 0.493 e. The van der Waals surface area contributed by atoms with Gasteiger partial charge in [0.15, 0.2) is 15.8 Å². The van der Waals surface area contributed by atoms with E-state index in [0.717, 1.165) is 16.8 Å². The maximum atomic E-state index is 12.8. The number of carboxylic acid groups (broad SMARTS) is 1. The van der Waals surface area contributed by atoms with E-state index in [1.54, 1.807) is 6.07 Å². The molecule has 0 atom stereocenters. The molecule has 10 nitrogen and oxygen atoms in total. The Balaban J connectivity index is 1.95. The number of carbonyl (C=O) groups is 2. The zero-order chi connectivity index (χ0) is 23.4. The molecule has 0 saturated carbocycles. The molecular weight excluding hydrogens is 458 g/mol. The van der Waals surface area contributed by atoms with Crippen molar-refractivity contribution in [2.24, 2.45) is 5.10 Å². The van der Waals surface area contributed by atoms with Gasteiger partial charge in [-0.05, 0) is 36.5 Å². The van der Waals surface area contributed by atoms with Crippen molar-refractivity contribution in [2.45, 2.75) is 0 Å². The fourth-order valence-corrected chi connectivity index (χ4v) is 4.03. The van der Waals surface area contributed by atoms with Crippen molar-refractivity contribution in [3.8, 4) is 11.5 Å². The summed E-state index contributed by atoms with van der Waals surface area (Å²) in [7, 11) is 2.68. The maximum absolute atomic E-state index is 12.8. The number of benzene rings is 2. The standard InChI is InChI=1S/C20H15N3O7S2/c1-29-14-8-7-12(16(19(25)26)17(14)30-2)10-21-22-18(24)15(32-20(22)31)9-11-5-3-4-6-13(11)23(27)28/h3-10H,1-2H3,(H,25,26)/b15-9+,21-10+. The third-order valence-corrected chi connectivity index (χ3v) is 5.58. The minimum absolute atomic E-state index is 0.00521. The van der Waals surface area contributed by atoms with Crippen molar-refractivity contribution in [2.75, 3.05) is 14.2 Å². The molecule has 0 aromatic heterocycles. The van der Waals surface area contributed by atoms with Gasteiger partial charge in [-0.2, -0.15) is 10.1 Å². The van der Waals surface area contributed by atoms with E-state index in [0.29, 0.717) is 0 Å². The van der Waals surface area contributed by atoms with E-state index in [2.05, 4.69) is 5.10 Å². The van der Waals surface area contributed by atoms with Gasteiger partial charge in [-0.25, -0.2) is 4.79 Å². The normalized spacial score (nSPS) is 14.9. The fraction of sp³-hybridized carbons (Fsp3) is 0.100. The number of ether oxygens (including phenoxy) is 2. The van der Waals surface area contributed by atoms with Crippen LogP contribution in [0.4, 0.5) is 5.69 Å². The first-order valence-electron chi connectivity index (χ1n) is 8.82. The van der Waals surface area contributed by atoms with Crippen molar-refractivity contribution in [3.05, 3.63) is 68.1 Å². The Hall–Kier alpha value is -3.77. The number of aromatic carboxylic acids is 1. The smallest absolute Gasteiger partial charge is 0.340 e. The Kier molecular flexibility index (Phi) is 6.85. The fourth-order valence-electron chi connectivity index (χ4n) is 2.87. The van der Waals surface area contributed by atoms with Gasteiger partial charge < -0.3 is 14.6 Å². The third kappa shape index (κ3) is 4.45. The zero-order valence-corrected chi connectivity index (χ0v) is 18.3. The van der Waals surface area contributed by atoms with Crippen molar-refractivity contribution < 1.29 is 29.1 Å². The first kappa shape index (κ1) is 22.9. The zero-order valence-electron chi connectivity index (χ0n) is 16.7. The van der Waals surface area contributed by atoms with Crippen LogP contribution in [0.25, 0.3) is 6.08 Å². The van der Waals surface area contributed by atoms with Gasteiger partial charge >= 0.3 is 5.97 Å². The summed E-state index contributed by atoms with van der Waals surface area (Å²) in [6.07, 6.45) is 2.54. The molecule has 1 fully saturated rings. The highest BCUT2D eigenvalue weighted by atomic mass is 32.2. The number of carboxylic acids is 1. The summed E-state index contributed by atoms with van der Waals surface area (Å²) in [6, 6.07) is 8.93. The minimum atomic E-state index is -1.27. The number of methoxy groups -OCH3 is 2. The molecule has 0 unspecified atom stereocenters. The SMILES string of the molecule is COc1ccc(/C=N/N2C(=O)/C(=C\c3ccccc3[N+](=O)[O-])SC2=S)c(C(=O)O)c1OC. The average Bonchev–Trinajstić information content (AvgIpc) is 3.03. The Morgan fingerprint density at radius 3 is 2.56 bits per heavy atom. The number of nitro groups is 1. The van der Waals surface area contributed by atoms with Crippen molar-refractivity contribution >= 4 is 58.2 Å². The predicted molar refractivity (Wildman–Crippen MR) is 122 cm³/mol. The second kappa shape index (κ2) is 9.58. The van der Waals surface area contributed by atoms with Crippen LogP contribution in [0.5, 0.6) is 11.5 Å². The summed E-state index contributed by atoms with van der Waals surface area (Å²) in [5.74, 6) is -1.64. The third-order valence-electron chi connectivity index (χ3n) is 4.30. The van der Waals surface area contributed by atoms with E-state index in [-0.39, 0.29) is 43.1 Å². The van der Waals surface area contributed by atoms with Gasteiger partial charge in [0.25, 0.3) is 11.6 Å². The number of para-hydroxylation sites is 1. The van der Waals surface area contributed by atoms with E-state index < -0.39 is 16.8 Å². The van der Waals surface area contributed by atoms with Gasteiger partial charge in [0.2, 0.25) is 0 Å². The average molecular weight is 473 g/mol. The Morgan fingerprint density at radius 2 is 1.94 bits per heavy atom. The van der Waals surface area contributed by atoms with Gasteiger partial charge in [0.1, 0.15) is 5.56 Å². The van der Waals surface area contributed by atoms with Crippen LogP contribution >= 0.6 is 24.0 Å². The second-order valence-electron chi connectivity index (χ2n) is 6.12. The number of hydrogen-bond donors (Lipinski definition) is 1. The van der Waals surface area contributed by atoms with Crippen LogP contribution in [0.3, 0.4) is 0 Å². The molecule has 164 valence electrons. The molecule has 1 N–H and O–H groups in total. The summed E-state index contributed by atoms with van der Waals surface area (Å²) in [5.41, 5.74) is 0.0519. The van der Waals surface area contributed by atoms with E-state index >= 15 is 0 Å². The molecule has 12 heteroatoms. The highest BCUT2D eigenvalue weighted by Gasteiger charge is 2.33. The lowest BCUT2D eigenvalue weighted by Gasteiger charge is -2.13. The van der Waals surface area contributed by atoms with E-state index in [1.807, 2.05) is 0 Å². The van der Waals surface area contributed by atoms with Crippen LogP contribution in [0, 0.1) is 10.1 Å². The summed E-state index contributed by atoms with van der Waals surface area (Å²) in [4.78, 5) is 35.3. The van der Waals surface area contributed by atoms with Crippen molar-refractivity contribution in [3.63, 3.8) is 0 Å². The Morgan fingerprint density at radius 1 is 1.22 bits per heavy atom. The predicted octanol–water partition coefficient (Wildman–Crippen LogP) is 3.55. The first-order chi connectivity index (χ1) is 15.3. The lowest BCUT2D eigenvalue weighted by molar-refractivity contribution is -0.385. The molecule has 1 heterocycles. The lowest BCUT2D eigenvalue weighted by atomic mass is 10.1. The molecule has 32 heavy (non-hydrogen) atoms. The number of thioether (sulfide) groups is 1. The highest BCUT2D eigenvalue weighted by Crippen LogP contribution is 2.35. The van der Waals surface area contributed by atoms with Crippen LogP contribution in [0.2, 0.25) is 0 Å². The van der Waals surface area contributed by atoms with E-state index in [9.17, 15) is 24.8 Å². The maximum Gasteiger partial charge on any atom is 0.340 e. The molecule has 0 radical (unpaired) electrons. The molecule has 1 aliphatic rings. The van der Waals surface area contributed by atoms with Gasteiger partial charge in [-0.1, -0.05) is 23.9 Å². The monoisotopic (exact) mass is 473 g/mol. The number of carbonyl (C=O) groups excluding carboxylic acids is 1. The van der Waals surface area contributed by atoms with Gasteiger partial charge in [-0.3, -0.25) is 14.9 Å². The van der Waals surface area contributed by atoms with Crippen LogP contribution in [0.1, 0.15) is 21.5 Å². The van der Waals surface area contributed by atoms with Crippen molar-refractivity contribution in [1.29, 1.82) is 0 Å². The number of hydrazone groups is 1. The topological polar surface area (TPSA) is 132 Å². The van der Waals surface area contributed by atoms with E-state index in [1.165, 1.54) is 56.8 Å². The second-order valence-corrected chi connectivity index (χ2v) is 7.80. The number of rotatable bonds is 7. The number of thiocarbonyl (C=S) groups is 1. The van der Waals surface area contributed by atoms with Gasteiger partial charge in [0, 0.05) is 11.6 Å². The summed E-state index contributed by atoms with van der Waals surface area (Å²) < 4.78 is 10.4. The summed E-state index contributed by atoms with van der Waals surface area (Å²) in [6.45, 7) is 0. The van der Waals surface area contributed by atoms with Crippen LogP contribution in [-0.4, -0.2) is 51.7 Å². The Bertz CT molecular complexity index is 1190. The molecule has 0 spiro atoms. The number of nitro benzene ring substituents is 1. The van der Waals surface area contributed by atoms with Crippen LogP contribution in [0.15, 0.2) is 46.4 Å². The minimum Gasteiger partial charge on any atom is -0.493 e. The van der Waals surface area contributed by atoms with Crippen LogP contribution in [-0.2, 0) is 4.79 Å². The Labute approximate surface area is 191 Å². The molecule has 2 aromatic carbocycles. The molecule has 3 rings (SSSR count). The summed E-state index contributed by atoms with van der Waals surface area (Å²) >= 11 is 6.13. The van der Waals surface area contributed by atoms with Crippen LogP contribution < -0.4 is 9.47 Å². The first-order valence-corrected chi connectivity index (χ1v) is 10.0. The van der Waals surface area contributed by atoms with Crippen molar-refractivity contribution in [1.82, 2.24) is 5.01 Å². The number of amides is 1. The number of nitrogens with zero attached hydrogens (tertiary/aromatic N) is 3. The quantitative estimate of drug-likeness (QED) is 0.211. The molecular formula is C20H15N3O7S2. The van der Waals surface area contributed by atoms with E-state index in [4.69, 9.17) is 21.7 Å². The molecule has 2 aromatic rings. The summed E-state index contributed by atoms with van der Waals surface area (Å²) in [5, 5.41) is 25.8. The molecule has 0 aliphatic carbocycles. The lowest BCUT2D eigenvalue weighted by Crippen LogP contribution is -2.22. The molecule has 1 amide bonds. The number of hydrogen-bond acceptors (Lipinski definition) is 9. The highest BCUT2D eigenvalue weighted by molar-refractivity contribution is 8.26. The molecule has 1 saturated heterocycles. The van der Waals surface area contributed by atoms with Gasteiger partial charge in [-0.15, -0.1) is 0 Å². The molecule has 1 aliphatic heterocycles. The molecule has 0 bridgehead atoms.